The first-order valence-electron chi connectivity index (χ1n) is 7.76. The predicted molar refractivity (Wildman–Crippen MR) is 79.4 cm³/mol. The molecule has 5 heteroatoms. The van der Waals surface area contributed by atoms with Crippen LogP contribution in [0.5, 0.6) is 0 Å². The van der Waals surface area contributed by atoms with E-state index in [1.807, 2.05) is 4.90 Å². The average molecular weight is 283 g/mol. The maximum Gasteiger partial charge on any atom is 0.239 e. The molecule has 20 heavy (non-hydrogen) atoms. The molecule has 116 valence electrons. The van der Waals surface area contributed by atoms with E-state index < -0.39 is 0 Å². The standard InChI is InChI=1S/C15H29N3O2/c1-10(2)17(3)11-5-6-13(14(9-11)20-4)18-8-7-12(16)15(18)19/h10-14H,5-9,16H2,1-4H3/t11-,12+,13+,14+/m1/s1. The van der Waals surface area contributed by atoms with Gasteiger partial charge in [-0.2, -0.15) is 0 Å². The quantitative estimate of drug-likeness (QED) is 0.830. The molecule has 5 nitrogen and oxygen atoms in total. The monoisotopic (exact) mass is 283 g/mol. The molecule has 0 bridgehead atoms. The third-order valence-corrected chi connectivity index (χ3v) is 5.10. The number of nitrogens with two attached hydrogens (primary N) is 1. The molecular weight excluding hydrogens is 254 g/mol. The van der Waals surface area contributed by atoms with E-state index in [2.05, 4.69) is 25.8 Å². The van der Waals surface area contributed by atoms with Gasteiger partial charge in [0, 0.05) is 25.7 Å². The molecule has 1 aliphatic heterocycles. The zero-order valence-corrected chi connectivity index (χ0v) is 13.2. The highest BCUT2D eigenvalue weighted by molar-refractivity contribution is 5.84. The van der Waals surface area contributed by atoms with E-state index >= 15 is 0 Å². The van der Waals surface area contributed by atoms with Gasteiger partial charge in [0.25, 0.3) is 0 Å². The van der Waals surface area contributed by atoms with Gasteiger partial charge in [-0.15, -0.1) is 0 Å². The Labute approximate surface area is 122 Å². The van der Waals surface area contributed by atoms with E-state index in [4.69, 9.17) is 10.5 Å². The molecule has 2 fully saturated rings. The predicted octanol–water partition coefficient (Wildman–Crippen LogP) is 0.822. The van der Waals surface area contributed by atoms with Gasteiger partial charge in [0.05, 0.1) is 18.2 Å². The van der Waals surface area contributed by atoms with Crippen molar-refractivity contribution in [3.05, 3.63) is 0 Å². The summed E-state index contributed by atoms with van der Waals surface area (Å²) in [6.07, 6.45) is 4.04. The van der Waals surface area contributed by atoms with Gasteiger partial charge in [-0.3, -0.25) is 4.79 Å². The van der Waals surface area contributed by atoms with Crippen molar-refractivity contribution in [3.8, 4) is 0 Å². The van der Waals surface area contributed by atoms with Gasteiger partial charge in [0.2, 0.25) is 5.91 Å². The summed E-state index contributed by atoms with van der Waals surface area (Å²) in [4.78, 5) is 16.5. The van der Waals surface area contributed by atoms with Crippen molar-refractivity contribution in [1.29, 1.82) is 0 Å². The Morgan fingerprint density at radius 3 is 2.55 bits per heavy atom. The molecule has 0 aromatic heterocycles. The molecule has 1 heterocycles. The molecule has 0 spiro atoms. The third-order valence-electron chi connectivity index (χ3n) is 5.10. The Bertz CT molecular complexity index is 348. The minimum atomic E-state index is -0.302. The lowest BCUT2D eigenvalue weighted by Gasteiger charge is -2.43. The molecule has 0 radical (unpaired) electrons. The number of ether oxygens (including phenoxy) is 1. The van der Waals surface area contributed by atoms with Crippen LogP contribution in [0.25, 0.3) is 0 Å². The first-order valence-corrected chi connectivity index (χ1v) is 7.76. The molecule has 0 aromatic carbocycles. The zero-order chi connectivity index (χ0) is 14.9. The van der Waals surface area contributed by atoms with Gasteiger partial charge in [-0.05, 0) is 46.6 Å². The second-order valence-corrected chi connectivity index (χ2v) is 6.49. The summed E-state index contributed by atoms with van der Waals surface area (Å²) in [6, 6.07) is 0.986. The number of hydrogen-bond donors (Lipinski definition) is 1. The van der Waals surface area contributed by atoms with E-state index in [0.29, 0.717) is 12.1 Å². The van der Waals surface area contributed by atoms with Crippen LogP contribution in [0.4, 0.5) is 0 Å². The van der Waals surface area contributed by atoms with Crippen molar-refractivity contribution in [3.63, 3.8) is 0 Å². The van der Waals surface area contributed by atoms with Gasteiger partial charge in [0.15, 0.2) is 0 Å². The molecule has 2 aliphatic rings. The normalized spacial score (nSPS) is 35.4. The Balaban J connectivity index is 2.02. The van der Waals surface area contributed by atoms with Crippen LogP contribution in [-0.2, 0) is 9.53 Å². The van der Waals surface area contributed by atoms with Crippen LogP contribution in [0.1, 0.15) is 39.5 Å². The number of nitrogens with zero attached hydrogens (tertiary/aromatic N) is 2. The second-order valence-electron chi connectivity index (χ2n) is 6.49. The van der Waals surface area contributed by atoms with Gasteiger partial charge in [-0.1, -0.05) is 0 Å². The smallest absolute Gasteiger partial charge is 0.239 e. The first kappa shape index (κ1) is 15.7. The van der Waals surface area contributed by atoms with Crippen molar-refractivity contribution in [2.75, 3.05) is 20.7 Å². The van der Waals surface area contributed by atoms with Crippen LogP contribution in [-0.4, -0.2) is 66.7 Å². The number of rotatable bonds is 4. The van der Waals surface area contributed by atoms with Crippen molar-refractivity contribution in [2.24, 2.45) is 5.73 Å². The number of carbonyl (C=O) groups excluding carboxylic acids is 1. The van der Waals surface area contributed by atoms with Crippen molar-refractivity contribution in [2.45, 2.75) is 69.8 Å². The number of amides is 1. The maximum absolute atomic E-state index is 12.1. The fourth-order valence-electron chi connectivity index (χ4n) is 3.55. The van der Waals surface area contributed by atoms with E-state index in [1.54, 1.807) is 7.11 Å². The van der Waals surface area contributed by atoms with Crippen LogP contribution >= 0.6 is 0 Å². The Morgan fingerprint density at radius 2 is 2.05 bits per heavy atom. The van der Waals surface area contributed by atoms with Crippen LogP contribution in [0, 0.1) is 0 Å². The molecule has 2 rings (SSSR count). The lowest BCUT2D eigenvalue weighted by molar-refractivity contribution is -0.135. The maximum atomic E-state index is 12.1. The molecule has 4 atom stereocenters. The fraction of sp³-hybridized carbons (Fsp3) is 0.933. The number of methoxy groups -OCH3 is 1. The van der Waals surface area contributed by atoms with Gasteiger partial charge < -0.3 is 20.3 Å². The molecule has 1 aliphatic carbocycles. The van der Waals surface area contributed by atoms with Crippen molar-refractivity contribution < 1.29 is 9.53 Å². The van der Waals surface area contributed by atoms with Crippen LogP contribution in [0.2, 0.25) is 0 Å². The van der Waals surface area contributed by atoms with Crippen LogP contribution in [0.3, 0.4) is 0 Å². The fourth-order valence-corrected chi connectivity index (χ4v) is 3.55. The Kier molecular flexibility index (Phi) is 5.04. The number of carbonyl (C=O) groups is 1. The topological polar surface area (TPSA) is 58.8 Å². The molecule has 0 unspecified atom stereocenters. The van der Waals surface area contributed by atoms with Crippen molar-refractivity contribution in [1.82, 2.24) is 9.80 Å². The SMILES string of the molecule is CO[C@H]1C[C@H](N(C)C(C)C)CC[C@@H]1N1CC[C@H](N)C1=O. The van der Waals surface area contributed by atoms with Gasteiger partial charge in [-0.25, -0.2) is 0 Å². The van der Waals surface area contributed by atoms with Crippen molar-refractivity contribution >= 4 is 5.91 Å². The summed E-state index contributed by atoms with van der Waals surface area (Å²) in [5.74, 6) is 0.104. The number of hydrogen-bond acceptors (Lipinski definition) is 4. The Morgan fingerprint density at radius 1 is 1.35 bits per heavy atom. The van der Waals surface area contributed by atoms with Gasteiger partial charge in [0.1, 0.15) is 0 Å². The van der Waals surface area contributed by atoms with Crippen LogP contribution in [0.15, 0.2) is 0 Å². The molecule has 0 aromatic rings. The lowest BCUT2D eigenvalue weighted by Crippen LogP contribution is -2.53. The highest BCUT2D eigenvalue weighted by Crippen LogP contribution is 2.31. The molecule has 1 saturated carbocycles. The van der Waals surface area contributed by atoms with Crippen LogP contribution < -0.4 is 5.73 Å². The van der Waals surface area contributed by atoms with E-state index in [1.165, 1.54) is 0 Å². The van der Waals surface area contributed by atoms with E-state index in [0.717, 1.165) is 32.2 Å². The van der Waals surface area contributed by atoms with E-state index in [-0.39, 0.29) is 24.1 Å². The summed E-state index contributed by atoms with van der Waals surface area (Å²) < 4.78 is 5.70. The highest BCUT2D eigenvalue weighted by atomic mass is 16.5. The summed E-state index contributed by atoms with van der Waals surface area (Å²) >= 11 is 0. The minimum absolute atomic E-state index is 0.104. The molecule has 1 saturated heterocycles. The van der Waals surface area contributed by atoms with Gasteiger partial charge >= 0.3 is 0 Å². The lowest BCUT2D eigenvalue weighted by atomic mass is 9.86. The summed E-state index contributed by atoms with van der Waals surface area (Å²) in [6.45, 7) is 5.23. The Hall–Kier alpha value is -0.650. The highest BCUT2D eigenvalue weighted by Gasteiger charge is 2.41. The first-order chi connectivity index (χ1) is 9.45. The number of likely N-dealkylation sites (tertiary alicyclic amines) is 1. The minimum Gasteiger partial charge on any atom is -0.379 e. The molecular formula is C15H29N3O2. The van der Waals surface area contributed by atoms with E-state index in [9.17, 15) is 4.79 Å². The second kappa shape index (κ2) is 6.41. The summed E-state index contributed by atoms with van der Waals surface area (Å²) in [5.41, 5.74) is 5.84. The average Bonchev–Trinajstić information content (AvgIpc) is 2.77. The third kappa shape index (κ3) is 3.00. The largest absolute Gasteiger partial charge is 0.379 e. The molecule has 1 amide bonds. The summed E-state index contributed by atoms with van der Waals surface area (Å²) in [7, 11) is 3.94. The summed E-state index contributed by atoms with van der Waals surface area (Å²) in [5, 5.41) is 0. The zero-order valence-electron chi connectivity index (χ0n) is 13.2. The molecule has 2 N–H and O–H groups in total.